The molecule has 7 heteroatoms. The van der Waals surface area contributed by atoms with Crippen LogP contribution in [0.4, 0.5) is 0 Å². The molecule has 2 aliphatic carbocycles. The van der Waals surface area contributed by atoms with E-state index in [1.165, 1.54) is 5.57 Å². The van der Waals surface area contributed by atoms with Gasteiger partial charge in [-0.2, -0.15) is 0 Å². The molecule has 5 unspecified atom stereocenters. The fourth-order valence-electron chi connectivity index (χ4n) is 7.70. The monoisotopic (exact) mass is 620 g/mol. The number of ketones is 1. The van der Waals surface area contributed by atoms with E-state index in [9.17, 15) is 25.2 Å². The summed E-state index contributed by atoms with van der Waals surface area (Å²) in [6.07, 6.45) is 11.4. The Morgan fingerprint density at radius 1 is 1.18 bits per heavy atom. The number of nitrogens with two attached hydrogens (primary N) is 2. The summed E-state index contributed by atoms with van der Waals surface area (Å²) in [6.45, 7) is 11.7. The van der Waals surface area contributed by atoms with Crippen LogP contribution in [0, 0.1) is 17.3 Å². The van der Waals surface area contributed by atoms with Gasteiger partial charge in [0.2, 0.25) is 0 Å². The quantitative estimate of drug-likeness (QED) is 0.0696. The molecular weight excluding hydrogens is 564 g/mol. The van der Waals surface area contributed by atoms with Crippen LogP contribution in [0.2, 0.25) is 0 Å². The maximum atomic E-state index is 13.7. The molecule has 5 atom stereocenters. The first-order valence-electron chi connectivity index (χ1n) is 16.4. The van der Waals surface area contributed by atoms with Gasteiger partial charge in [-0.1, -0.05) is 71.9 Å². The Morgan fingerprint density at radius 3 is 2.56 bits per heavy atom. The van der Waals surface area contributed by atoms with E-state index in [1.807, 2.05) is 49.4 Å². The minimum Gasteiger partial charge on any atom is -0.396 e. The van der Waals surface area contributed by atoms with Crippen LogP contribution in [0.1, 0.15) is 96.4 Å². The van der Waals surface area contributed by atoms with Gasteiger partial charge in [-0.25, -0.2) is 0 Å². The summed E-state index contributed by atoms with van der Waals surface area (Å²) in [5.74, 6) is -0.667. The Morgan fingerprint density at radius 2 is 1.91 bits per heavy atom. The van der Waals surface area contributed by atoms with Gasteiger partial charge in [-0.15, -0.1) is 0 Å². The molecule has 0 radical (unpaired) electrons. The molecule has 248 valence electrons. The molecule has 2 aliphatic rings. The first kappa shape index (κ1) is 36.8. The number of benzene rings is 1. The van der Waals surface area contributed by atoms with Crippen LogP contribution in [0.3, 0.4) is 0 Å². The number of carbonyl (C=O) groups excluding carboxylic acids is 1. The zero-order valence-electron chi connectivity index (χ0n) is 27.8. The van der Waals surface area contributed by atoms with Crippen molar-refractivity contribution in [2.45, 2.75) is 103 Å². The molecular formula is C38H56N2O5. The van der Waals surface area contributed by atoms with Crippen molar-refractivity contribution < 1.29 is 25.2 Å². The van der Waals surface area contributed by atoms with Gasteiger partial charge in [0, 0.05) is 24.4 Å². The third-order valence-electron chi connectivity index (χ3n) is 10.3. The second-order valence-corrected chi connectivity index (χ2v) is 13.6. The summed E-state index contributed by atoms with van der Waals surface area (Å²) in [7, 11) is 0. The van der Waals surface area contributed by atoms with Crippen LogP contribution in [0.5, 0.6) is 0 Å². The molecule has 0 aliphatic heterocycles. The molecule has 1 aromatic carbocycles. The topological polar surface area (TPSA) is 150 Å². The highest BCUT2D eigenvalue weighted by atomic mass is 16.3. The fraction of sp³-hybridized carbons (Fsp3) is 0.553. The van der Waals surface area contributed by atoms with Gasteiger partial charge in [0.25, 0.3) is 0 Å². The lowest BCUT2D eigenvalue weighted by Gasteiger charge is -2.55. The number of hydrogen-bond acceptors (Lipinski definition) is 7. The first-order chi connectivity index (χ1) is 21.3. The van der Waals surface area contributed by atoms with Crippen molar-refractivity contribution in [1.82, 2.24) is 0 Å². The molecule has 0 saturated heterocycles. The standard InChI is InChI=1S/C38H56N2O5/c1-25(2)10-6-11-26(3)12-7-15-30(24-42)32-18-20-38(35(32)44)33(16-9-21-41)31(17-19-37(38,5)45)27(4)34(43)23-28-13-8-14-29(22-28)36(39)40/h7-8,10,12-15,22,32-33,35-36,41-42,44-45H,3,6,9,11,16-21,23-24,39-40H2,1-2,4-5H3. The predicted molar refractivity (Wildman–Crippen MR) is 182 cm³/mol. The average molecular weight is 621 g/mol. The minimum atomic E-state index is -1.20. The number of aliphatic hydroxyl groups excluding tert-OH is 3. The predicted octanol–water partition coefficient (Wildman–Crippen LogP) is 5.50. The molecule has 0 bridgehead atoms. The SMILES string of the molecule is C=C(C=CC=C(CO)C1CCC2(C(CCCO)C(=C(C)C(=O)Cc3cccc(C(N)N)c3)CCC2(C)O)C1O)CCC=C(C)C. The van der Waals surface area contributed by atoms with Gasteiger partial charge in [-0.3, -0.25) is 4.79 Å². The van der Waals surface area contributed by atoms with Gasteiger partial charge in [0.05, 0.1) is 24.5 Å². The lowest BCUT2D eigenvalue weighted by atomic mass is 9.52. The second kappa shape index (κ2) is 16.3. The van der Waals surface area contributed by atoms with Crippen molar-refractivity contribution in [3.8, 4) is 0 Å². The molecule has 45 heavy (non-hydrogen) atoms. The van der Waals surface area contributed by atoms with Crippen LogP contribution < -0.4 is 11.5 Å². The summed E-state index contributed by atoms with van der Waals surface area (Å²) in [5, 5.41) is 44.4. The smallest absolute Gasteiger partial charge is 0.162 e. The second-order valence-electron chi connectivity index (χ2n) is 13.6. The van der Waals surface area contributed by atoms with E-state index in [0.29, 0.717) is 49.7 Å². The van der Waals surface area contributed by atoms with Crippen molar-refractivity contribution in [1.29, 1.82) is 0 Å². The van der Waals surface area contributed by atoms with E-state index in [-0.39, 0.29) is 37.3 Å². The third-order valence-corrected chi connectivity index (χ3v) is 10.3. The molecule has 8 N–H and O–H groups in total. The molecule has 1 spiro atoms. The lowest BCUT2D eigenvalue weighted by Crippen LogP contribution is -2.59. The molecule has 7 nitrogen and oxygen atoms in total. The maximum Gasteiger partial charge on any atom is 0.162 e. The zero-order valence-corrected chi connectivity index (χ0v) is 27.8. The van der Waals surface area contributed by atoms with Crippen molar-refractivity contribution in [3.63, 3.8) is 0 Å². The van der Waals surface area contributed by atoms with Crippen molar-refractivity contribution in [2.24, 2.45) is 28.7 Å². The van der Waals surface area contributed by atoms with E-state index >= 15 is 0 Å². The highest BCUT2D eigenvalue weighted by molar-refractivity contribution is 5.97. The summed E-state index contributed by atoms with van der Waals surface area (Å²) < 4.78 is 0. The number of carbonyl (C=O) groups is 1. The van der Waals surface area contributed by atoms with Gasteiger partial charge in [0.1, 0.15) is 0 Å². The summed E-state index contributed by atoms with van der Waals surface area (Å²) >= 11 is 0. The summed E-state index contributed by atoms with van der Waals surface area (Å²) in [4.78, 5) is 13.7. The maximum absolute atomic E-state index is 13.7. The first-order valence-corrected chi connectivity index (χ1v) is 16.4. The van der Waals surface area contributed by atoms with E-state index in [0.717, 1.165) is 35.1 Å². The van der Waals surface area contributed by atoms with E-state index in [4.69, 9.17) is 11.5 Å². The Kier molecular flexibility index (Phi) is 13.3. The van der Waals surface area contributed by atoms with Gasteiger partial charge < -0.3 is 31.9 Å². The number of hydrogen-bond donors (Lipinski definition) is 6. The normalized spacial score (nSPS) is 28.2. The zero-order chi connectivity index (χ0) is 33.4. The van der Waals surface area contributed by atoms with E-state index in [2.05, 4.69) is 26.5 Å². The van der Waals surface area contributed by atoms with Crippen molar-refractivity contribution in [2.75, 3.05) is 13.2 Å². The lowest BCUT2D eigenvalue weighted by molar-refractivity contribution is -0.167. The Bertz CT molecular complexity index is 1320. The molecule has 0 amide bonds. The highest BCUT2D eigenvalue weighted by Crippen LogP contribution is 2.63. The van der Waals surface area contributed by atoms with Crippen molar-refractivity contribution in [3.05, 3.63) is 94.1 Å². The Hall–Kier alpha value is -2.65. The van der Waals surface area contributed by atoms with E-state index in [1.54, 1.807) is 6.92 Å². The number of Topliss-reactive ketones (excluding diaryl/α,β-unsaturated/α-hetero) is 1. The molecule has 0 heterocycles. The molecule has 2 fully saturated rings. The van der Waals surface area contributed by atoms with Crippen LogP contribution >= 0.6 is 0 Å². The summed E-state index contributed by atoms with van der Waals surface area (Å²) in [5.41, 5.74) is 15.7. The van der Waals surface area contributed by atoms with Crippen LogP contribution in [0.25, 0.3) is 0 Å². The largest absolute Gasteiger partial charge is 0.396 e. The fourth-order valence-corrected chi connectivity index (χ4v) is 7.70. The van der Waals surface area contributed by atoms with Crippen LogP contribution in [-0.4, -0.2) is 51.1 Å². The highest BCUT2D eigenvalue weighted by Gasteiger charge is 2.64. The molecule has 3 rings (SSSR count). The number of aliphatic hydroxyl groups is 4. The average Bonchev–Trinajstić information content (AvgIpc) is 3.33. The van der Waals surface area contributed by atoms with Crippen molar-refractivity contribution >= 4 is 5.78 Å². The van der Waals surface area contributed by atoms with Gasteiger partial charge >= 0.3 is 0 Å². The number of allylic oxidation sites excluding steroid dienone is 8. The number of rotatable bonds is 14. The molecule has 1 aromatic rings. The summed E-state index contributed by atoms with van der Waals surface area (Å²) in [6, 6.07) is 7.44. The molecule has 0 aromatic heterocycles. The van der Waals surface area contributed by atoms with Gasteiger partial charge in [-0.05, 0) is 107 Å². The third kappa shape index (κ3) is 8.59. The minimum absolute atomic E-state index is 0.0200. The van der Waals surface area contributed by atoms with E-state index < -0.39 is 23.3 Å². The van der Waals surface area contributed by atoms with Crippen LogP contribution in [-0.2, 0) is 11.2 Å². The molecule has 2 saturated carbocycles. The Balaban J connectivity index is 1.94. The van der Waals surface area contributed by atoms with Gasteiger partial charge in [0.15, 0.2) is 5.78 Å². The van der Waals surface area contributed by atoms with Crippen LogP contribution in [0.15, 0.2) is 83.0 Å². The Labute approximate surface area is 270 Å².